The monoisotopic (exact) mass is 542 g/mol. The van der Waals surface area contributed by atoms with Gasteiger partial charge in [-0.05, 0) is 70.2 Å². The van der Waals surface area contributed by atoms with Crippen LogP contribution in [0.25, 0.3) is 22.3 Å². The van der Waals surface area contributed by atoms with Gasteiger partial charge >= 0.3 is 12.2 Å². The molecule has 5 rings (SSSR count). The normalized spacial score (nSPS) is 14.9. The molecule has 1 aliphatic rings. The summed E-state index contributed by atoms with van der Waals surface area (Å²) in [4.78, 5) is 25.1. The first-order chi connectivity index (χ1) is 18.6. The molecule has 0 atom stereocenters. The van der Waals surface area contributed by atoms with Crippen molar-refractivity contribution >= 4 is 28.4 Å². The topological polar surface area (TPSA) is 100 Å². The highest BCUT2D eigenvalue weighted by Gasteiger charge is 2.31. The molecule has 1 aliphatic heterocycles. The zero-order valence-electron chi connectivity index (χ0n) is 21.2. The van der Waals surface area contributed by atoms with E-state index in [1.165, 1.54) is 6.33 Å². The molecular weight excluding hydrogens is 516 g/mol. The summed E-state index contributed by atoms with van der Waals surface area (Å²) in [5, 5.41) is 10.2. The molecule has 2 aromatic heterocycles. The van der Waals surface area contributed by atoms with Crippen molar-refractivity contribution in [3.05, 3.63) is 65.9 Å². The molecule has 2 amide bonds. The quantitative estimate of drug-likeness (QED) is 0.298. The summed E-state index contributed by atoms with van der Waals surface area (Å²) < 4.78 is 52.8. The van der Waals surface area contributed by atoms with Gasteiger partial charge in [-0.25, -0.2) is 19.2 Å². The molecule has 0 bridgehead atoms. The summed E-state index contributed by atoms with van der Waals surface area (Å²) in [6.07, 6.45) is -1.22. The maximum absolute atomic E-state index is 14.0. The Morgan fingerprint density at radius 3 is 2.44 bits per heavy atom. The molecule has 0 saturated carbocycles. The number of alkyl halides is 3. The summed E-state index contributed by atoms with van der Waals surface area (Å²) >= 11 is 0. The number of rotatable bonds is 5. The fourth-order valence-corrected chi connectivity index (χ4v) is 4.49. The zero-order valence-corrected chi connectivity index (χ0v) is 21.2. The first-order valence-corrected chi connectivity index (χ1v) is 12.3. The van der Waals surface area contributed by atoms with Gasteiger partial charge in [0.15, 0.2) is 5.65 Å². The van der Waals surface area contributed by atoms with Gasteiger partial charge in [0.1, 0.15) is 17.8 Å². The van der Waals surface area contributed by atoms with Gasteiger partial charge in [-0.3, -0.25) is 0 Å². The van der Waals surface area contributed by atoms with Crippen molar-refractivity contribution in [1.82, 2.24) is 24.8 Å². The van der Waals surface area contributed by atoms with Crippen LogP contribution in [0.15, 0.2) is 48.8 Å². The van der Waals surface area contributed by atoms with E-state index in [1.54, 1.807) is 29.1 Å². The summed E-state index contributed by atoms with van der Waals surface area (Å²) in [6.45, 7) is 3.85. The first-order valence-electron chi connectivity index (χ1n) is 12.3. The smallest absolute Gasteiger partial charge is 0.308 e. The second kappa shape index (κ2) is 10.5. The lowest BCUT2D eigenvalue weighted by atomic mass is 10.1. The number of fused-ring (bicyclic) bond motifs is 1. The highest BCUT2D eigenvalue weighted by atomic mass is 19.4. The molecule has 9 nitrogen and oxygen atoms in total. The van der Waals surface area contributed by atoms with Crippen LogP contribution in [0.4, 0.5) is 33.7 Å². The fourth-order valence-electron chi connectivity index (χ4n) is 4.49. The number of carbonyl (C=O) groups is 1. The van der Waals surface area contributed by atoms with Gasteiger partial charge in [-0.1, -0.05) is 12.1 Å². The number of hydrogen-bond acceptors (Lipinski definition) is 6. The zero-order chi connectivity index (χ0) is 27.7. The van der Waals surface area contributed by atoms with Crippen LogP contribution in [0, 0.1) is 12.7 Å². The maximum atomic E-state index is 14.0. The van der Waals surface area contributed by atoms with E-state index >= 15 is 0 Å². The van der Waals surface area contributed by atoms with Gasteiger partial charge in [0.2, 0.25) is 0 Å². The third-order valence-corrected chi connectivity index (χ3v) is 6.64. The standard InChI is InChI=1S/C26H26F4N8O/c1-15-22-23(36-38(24(22)32-14-31-15)35-19-9-11-37(2)12-10-19)16-3-6-18(7-4-16)33-25(39)34-21-13-17(26(28,29)30)5-8-20(21)27/h3-8,13-14,19,35H,9-12H2,1-2H3,(H2,33,34,39). The molecule has 0 aliphatic carbocycles. The Kier molecular flexibility index (Phi) is 7.08. The molecule has 3 N–H and O–H groups in total. The SMILES string of the molecule is Cc1ncnc2c1c(-c1ccc(NC(=O)Nc3cc(C(F)(F)F)ccc3F)cc1)nn2NC1CCN(C)CC1. The Morgan fingerprint density at radius 2 is 1.74 bits per heavy atom. The van der Waals surface area contributed by atoms with E-state index in [2.05, 4.69) is 38.0 Å². The molecule has 1 fully saturated rings. The summed E-state index contributed by atoms with van der Waals surface area (Å²) in [7, 11) is 2.10. The summed E-state index contributed by atoms with van der Waals surface area (Å²) in [5.74, 6) is -0.984. The molecule has 4 aromatic rings. The predicted molar refractivity (Wildman–Crippen MR) is 139 cm³/mol. The summed E-state index contributed by atoms with van der Waals surface area (Å²) in [6, 6.07) is 7.90. The number of aryl methyl sites for hydroxylation is 1. The second-order valence-electron chi connectivity index (χ2n) is 9.47. The third kappa shape index (κ3) is 5.77. The number of aromatic nitrogens is 4. The number of amides is 2. The van der Waals surface area contributed by atoms with E-state index in [0.717, 1.165) is 42.6 Å². The van der Waals surface area contributed by atoms with Crippen molar-refractivity contribution in [2.75, 3.05) is 36.2 Å². The van der Waals surface area contributed by atoms with Crippen LogP contribution in [-0.2, 0) is 6.18 Å². The number of nitrogens with zero attached hydrogens (tertiary/aromatic N) is 5. The minimum atomic E-state index is -4.67. The molecule has 2 aromatic carbocycles. The Labute approximate surface area is 221 Å². The Balaban J connectivity index is 1.34. The Morgan fingerprint density at radius 1 is 1.03 bits per heavy atom. The highest BCUT2D eigenvalue weighted by molar-refractivity contribution is 6.00. The van der Waals surface area contributed by atoms with Crippen LogP contribution < -0.4 is 16.1 Å². The lowest BCUT2D eigenvalue weighted by Gasteiger charge is -2.29. The number of anilines is 2. The number of piperidine rings is 1. The molecule has 0 radical (unpaired) electrons. The maximum Gasteiger partial charge on any atom is 0.416 e. The predicted octanol–water partition coefficient (Wildman–Crippen LogP) is 5.24. The van der Waals surface area contributed by atoms with Gasteiger partial charge < -0.3 is 21.0 Å². The Hall–Kier alpha value is -4.26. The van der Waals surface area contributed by atoms with Gasteiger partial charge in [-0.15, -0.1) is 5.10 Å². The van der Waals surface area contributed by atoms with E-state index in [1.807, 2.05) is 6.92 Å². The van der Waals surface area contributed by atoms with Crippen LogP contribution in [0.1, 0.15) is 24.1 Å². The average Bonchev–Trinajstić information content (AvgIpc) is 3.26. The Bertz CT molecular complexity index is 1490. The van der Waals surface area contributed by atoms with Crippen molar-refractivity contribution in [1.29, 1.82) is 0 Å². The average molecular weight is 543 g/mol. The van der Waals surface area contributed by atoms with Crippen LogP contribution in [-0.4, -0.2) is 57.0 Å². The molecule has 39 heavy (non-hydrogen) atoms. The van der Waals surface area contributed by atoms with Gasteiger partial charge in [0.05, 0.1) is 22.3 Å². The van der Waals surface area contributed by atoms with E-state index in [4.69, 9.17) is 5.10 Å². The van der Waals surface area contributed by atoms with E-state index in [-0.39, 0.29) is 6.04 Å². The number of halogens is 4. The van der Waals surface area contributed by atoms with Crippen LogP contribution >= 0.6 is 0 Å². The van der Waals surface area contributed by atoms with Gasteiger partial charge in [0.25, 0.3) is 0 Å². The summed E-state index contributed by atoms with van der Waals surface area (Å²) in [5.41, 5.74) is 4.98. The van der Waals surface area contributed by atoms with Crippen LogP contribution in [0.5, 0.6) is 0 Å². The van der Waals surface area contributed by atoms with Crippen molar-refractivity contribution in [2.24, 2.45) is 0 Å². The van der Waals surface area contributed by atoms with E-state index in [9.17, 15) is 22.4 Å². The van der Waals surface area contributed by atoms with Crippen molar-refractivity contribution in [3.8, 4) is 11.3 Å². The van der Waals surface area contributed by atoms with Crippen molar-refractivity contribution < 1.29 is 22.4 Å². The molecular formula is C26H26F4N8O. The molecule has 13 heteroatoms. The molecule has 204 valence electrons. The number of carbonyl (C=O) groups excluding carboxylic acids is 1. The van der Waals surface area contributed by atoms with Gasteiger partial charge in [-0.2, -0.15) is 18.0 Å². The number of urea groups is 1. The van der Waals surface area contributed by atoms with Crippen LogP contribution in [0.3, 0.4) is 0 Å². The van der Waals surface area contributed by atoms with Gasteiger partial charge in [0, 0.05) is 17.3 Å². The lowest BCUT2D eigenvalue weighted by molar-refractivity contribution is -0.137. The lowest BCUT2D eigenvalue weighted by Crippen LogP contribution is -2.40. The van der Waals surface area contributed by atoms with E-state index in [0.29, 0.717) is 35.2 Å². The molecule has 3 heterocycles. The molecule has 1 saturated heterocycles. The molecule has 0 spiro atoms. The molecule has 0 unspecified atom stereocenters. The minimum Gasteiger partial charge on any atom is -0.308 e. The third-order valence-electron chi connectivity index (χ3n) is 6.64. The highest BCUT2D eigenvalue weighted by Crippen LogP contribution is 2.32. The van der Waals surface area contributed by atoms with Crippen molar-refractivity contribution in [2.45, 2.75) is 32.0 Å². The minimum absolute atomic E-state index is 0.249. The fraction of sp³-hybridized carbons (Fsp3) is 0.308. The van der Waals surface area contributed by atoms with Crippen molar-refractivity contribution in [3.63, 3.8) is 0 Å². The van der Waals surface area contributed by atoms with Crippen LogP contribution in [0.2, 0.25) is 0 Å². The van der Waals surface area contributed by atoms with E-state index < -0.39 is 29.3 Å². The largest absolute Gasteiger partial charge is 0.416 e. The number of nitrogens with one attached hydrogen (secondary N) is 3. The number of hydrogen-bond donors (Lipinski definition) is 3. The first kappa shape index (κ1) is 26.4. The second-order valence-corrected chi connectivity index (χ2v) is 9.47. The number of likely N-dealkylation sites (tertiary alicyclic amines) is 1. The number of benzene rings is 2.